The van der Waals surface area contributed by atoms with E-state index in [0.717, 1.165) is 32.1 Å². The molecule has 4 nitrogen and oxygen atoms in total. The van der Waals surface area contributed by atoms with Gasteiger partial charge in [-0.1, -0.05) is 45.8 Å². The highest BCUT2D eigenvalue weighted by Crippen LogP contribution is 2.52. The van der Waals surface area contributed by atoms with Gasteiger partial charge in [0.25, 0.3) is 0 Å². The minimum Gasteiger partial charge on any atom is -0.393 e. The SMILES string of the molecule is CC(C)(C)C(O)CCCCCN1C(=O)C2C3C=CC(C3)C2C1=O. The molecule has 1 aliphatic heterocycles. The van der Waals surface area contributed by atoms with Crippen LogP contribution in [0, 0.1) is 29.1 Å². The highest BCUT2D eigenvalue weighted by molar-refractivity contribution is 6.06. The molecule has 1 saturated heterocycles. The van der Waals surface area contributed by atoms with Crippen LogP contribution in [0.25, 0.3) is 0 Å². The standard InChI is InChI=1S/C19H29NO3/c1-19(2,3)14(21)7-5-4-6-10-20-17(22)15-12-8-9-13(11-12)16(15)18(20)23/h8-9,12-16,21H,4-7,10-11H2,1-3H3. The molecule has 3 aliphatic rings. The minimum absolute atomic E-state index is 0.0616. The molecule has 2 amide bonds. The van der Waals surface area contributed by atoms with Crippen molar-refractivity contribution in [2.45, 2.75) is 59.0 Å². The number of imide groups is 1. The first kappa shape index (κ1) is 16.7. The topological polar surface area (TPSA) is 57.6 Å². The molecule has 0 aromatic heterocycles. The second-order valence-electron chi connectivity index (χ2n) is 8.56. The summed E-state index contributed by atoms with van der Waals surface area (Å²) < 4.78 is 0. The number of aliphatic hydroxyl groups is 1. The number of amides is 2. The second-order valence-corrected chi connectivity index (χ2v) is 8.56. The van der Waals surface area contributed by atoms with Crippen LogP contribution in [0.1, 0.15) is 52.9 Å². The predicted molar refractivity (Wildman–Crippen MR) is 88.4 cm³/mol. The Labute approximate surface area is 138 Å². The van der Waals surface area contributed by atoms with Crippen LogP contribution in [0.3, 0.4) is 0 Å². The first-order valence-electron chi connectivity index (χ1n) is 9.02. The van der Waals surface area contributed by atoms with Crippen LogP contribution >= 0.6 is 0 Å². The van der Waals surface area contributed by atoms with Crippen LogP contribution in [0.15, 0.2) is 12.2 Å². The smallest absolute Gasteiger partial charge is 0.233 e. The molecule has 4 heteroatoms. The third-order valence-corrected chi connectivity index (χ3v) is 5.92. The molecule has 128 valence electrons. The predicted octanol–water partition coefficient (Wildman–Crippen LogP) is 2.76. The van der Waals surface area contributed by atoms with Gasteiger partial charge in [0.1, 0.15) is 0 Å². The summed E-state index contributed by atoms with van der Waals surface area (Å²) >= 11 is 0. The number of unbranched alkanes of at least 4 members (excludes halogenated alkanes) is 2. The highest BCUT2D eigenvalue weighted by atomic mass is 16.3. The number of rotatable bonds is 6. The number of nitrogens with zero attached hydrogens (tertiary/aromatic N) is 1. The third-order valence-electron chi connectivity index (χ3n) is 5.92. The number of likely N-dealkylation sites (tertiary alicyclic amines) is 1. The van der Waals surface area contributed by atoms with Crippen molar-refractivity contribution in [3.05, 3.63) is 12.2 Å². The zero-order chi connectivity index (χ0) is 16.8. The Morgan fingerprint density at radius 1 is 1.09 bits per heavy atom. The van der Waals surface area contributed by atoms with Crippen molar-refractivity contribution in [3.8, 4) is 0 Å². The molecule has 0 aromatic rings. The van der Waals surface area contributed by atoms with Gasteiger partial charge in [-0.3, -0.25) is 14.5 Å². The van der Waals surface area contributed by atoms with Crippen LogP contribution in [0.2, 0.25) is 0 Å². The third kappa shape index (κ3) is 2.98. The fourth-order valence-electron chi connectivity index (χ4n) is 4.40. The van der Waals surface area contributed by atoms with Crippen molar-refractivity contribution in [3.63, 3.8) is 0 Å². The quantitative estimate of drug-likeness (QED) is 0.465. The fourth-order valence-corrected chi connectivity index (χ4v) is 4.40. The van der Waals surface area contributed by atoms with Crippen LogP contribution in [0.4, 0.5) is 0 Å². The lowest BCUT2D eigenvalue weighted by Crippen LogP contribution is -2.33. The largest absolute Gasteiger partial charge is 0.393 e. The Morgan fingerprint density at radius 3 is 2.17 bits per heavy atom. The summed E-state index contributed by atoms with van der Waals surface area (Å²) in [5.41, 5.74) is -0.0788. The van der Waals surface area contributed by atoms with Gasteiger partial charge in [0.15, 0.2) is 0 Å². The van der Waals surface area contributed by atoms with E-state index in [-0.39, 0.29) is 35.2 Å². The molecular weight excluding hydrogens is 290 g/mol. The normalized spacial score (nSPS) is 33.7. The van der Waals surface area contributed by atoms with Crippen molar-refractivity contribution in [2.24, 2.45) is 29.1 Å². The van der Waals surface area contributed by atoms with E-state index in [1.807, 2.05) is 20.8 Å². The molecule has 5 unspecified atom stereocenters. The Hall–Kier alpha value is -1.16. The molecule has 1 saturated carbocycles. The lowest BCUT2D eigenvalue weighted by atomic mass is 9.85. The molecule has 3 rings (SSSR count). The van der Waals surface area contributed by atoms with Crippen molar-refractivity contribution < 1.29 is 14.7 Å². The highest BCUT2D eigenvalue weighted by Gasteiger charge is 2.58. The van der Waals surface area contributed by atoms with Gasteiger partial charge in [0, 0.05) is 6.54 Å². The van der Waals surface area contributed by atoms with Crippen molar-refractivity contribution >= 4 is 11.8 Å². The summed E-state index contributed by atoms with van der Waals surface area (Å²) in [4.78, 5) is 26.6. The number of carbonyl (C=O) groups excluding carboxylic acids is 2. The number of carbonyl (C=O) groups is 2. The summed E-state index contributed by atoms with van der Waals surface area (Å²) in [6.45, 7) is 6.68. The van der Waals surface area contributed by atoms with Gasteiger partial charge < -0.3 is 5.11 Å². The van der Waals surface area contributed by atoms with E-state index >= 15 is 0 Å². The molecule has 23 heavy (non-hydrogen) atoms. The molecule has 2 bridgehead atoms. The maximum absolute atomic E-state index is 12.5. The number of aliphatic hydroxyl groups excluding tert-OH is 1. The average molecular weight is 319 g/mol. The number of allylic oxidation sites excluding steroid dienone is 2. The van der Waals surface area contributed by atoms with Crippen LogP contribution in [-0.4, -0.2) is 34.5 Å². The summed E-state index contributed by atoms with van der Waals surface area (Å²) in [7, 11) is 0. The summed E-state index contributed by atoms with van der Waals surface area (Å²) in [6.07, 6.45) is 8.48. The van der Waals surface area contributed by atoms with Crippen LogP contribution in [0.5, 0.6) is 0 Å². The molecular formula is C19H29NO3. The molecule has 0 spiro atoms. The molecule has 0 radical (unpaired) electrons. The van der Waals surface area contributed by atoms with E-state index in [1.165, 1.54) is 4.90 Å². The monoisotopic (exact) mass is 319 g/mol. The second kappa shape index (κ2) is 6.04. The maximum Gasteiger partial charge on any atom is 0.233 e. The van der Waals surface area contributed by atoms with E-state index in [9.17, 15) is 14.7 Å². The molecule has 1 heterocycles. The van der Waals surface area contributed by atoms with Gasteiger partial charge in [-0.25, -0.2) is 0 Å². The van der Waals surface area contributed by atoms with Crippen molar-refractivity contribution in [1.82, 2.24) is 4.90 Å². The number of fused-ring (bicyclic) bond motifs is 5. The van der Waals surface area contributed by atoms with E-state index in [4.69, 9.17) is 0 Å². The van der Waals surface area contributed by atoms with Crippen molar-refractivity contribution in [2.75, 3.05) is 6.54 Å². The summed E-state index contributed by atoms with van der Waals surface area (Å²) in [5, 5.41) is 10.0. The minimum atomic E-state index is -0.293. The summed E-state index contributed by atoms with van der Waals surface area (Å²) in [6, 6.07) is 0. The maximum atomic E-state index is 12.5. The number of hydrogen-bond donors (Lipinski definition) is 1. The zero-order valence-electron chi connectivity index (χ0n) is 14.5. The summed E-state index contributed by atoms with van der Waals surface area (Å²) in [5.74, 6) is 0.584. The molecule has 5 atom stereocenters. The Morgan fingerprint density at radius 2 is 1.65 bits per heavy atom. The molecule has 2 aliphatic carbocycles. The number of hydrogen-bond acceptors (Lipinski definition) is 3. The zero-order valence-corrected chi connectivity index (χ0v) is 14.5. The van der Waals surface area contributed by atoms with Gasteiger partial charge in [-0.15, -0.1) is 0 Å². The van der Waals surface area contributed by atoms with Gasteiger partial charge >= 0.3 is 0 Å². The Balaban J connectivity index is 1.44. The molecule has 1 N–H and O–H groups in total. The van der Waals surface area contributed by atoms with Crippen LogP contribution < -0.4 is 0 Å². The van der Waals surface area contributed by atoms with E-state index in [2.05, 4.69) is 12.2 Å². The van der Waals surface area contributed by atoms with Gasteiger partial charge in [0.2, 0.25) is 11.8 Å². The Bertz CT molecular complexity index is 489. The lowest BCUT2D eigenvalue weighted by Gasteiger charge is -2.25. The fraction of sp³-hybridized carbons (Fsp3) is 0.789. The molecule has 0 aromatic carbocycles. The van der Waals surface area contributed by atoms with Gasteiger partial charge in [-0.05, 0) is 36.5 Å². The van der Waals surface area contributed by atoms with E-state index in [0.29, 0.717) is 18.4 Å². The molecule has 2 fully saturated rings. The van der Waals surface area contributed by atoms with Crippen molar-refractivity contribution in [1.29, 1.82) is 0 Å². The average Bonchev–Trinajstić information content (AvgIpc) is 3.14. The van der Waals surface area contributed by atoms with Crippen LogP contribution in [-0.2, 0) is 9.59 Å². The first-order chi connectivity index (χ1) is 10.8. The van der Waals surface area contributed by atoms with E-state index < -0.39 is 0 Å². The lowest BCUT2D eigenvalue weighted by molar-refractivity contribution is -0.140. The first-order valence-corrected chi connectivity index (χ1v) is 9.02. The van der Waals surface area contributed by atoms with Gasteiger partial charge in [0.05, 0.1) is 17.9 Å². The van der Waals surface area contributed by atoms with Gasteiger partial charge in [-0.2, -0.15) is 0 Å². The van der Waals surface area contributed by atoms with E-state index in [1.54, 1.807) is 0 Å². The Kier molecular flexibility index (Phi) is 4.39.